The monoisotopic (exact) mass is 213 g/mol. The van der Waals surface area contributed by atoms with Gasteiger partial charge in [-0.15, -0.1) is 0 Å². The highest BCUT2D eigenvalue weighted by Gasteiger charge is 2.06. The largest absolute Gasteiger partial charge is 0.253 e. The second-order valence-corrected chi connectivity index (χ2v) is 4.45. The highest BCUT2D eigenvalue weighted by Crippen LogP contribution is 2.22. The predicted octanol–water partition coefficient (Wildman–Crippen LogP) is 3.98. The van der Waals surface area contributed by atoms with Crippen LogP contribution in [0.5, 0.6) is 0 Å². The van der Waals surface area contributed by atoms with Crippen LogP contribution in [0.15, 0.2) is 18.2 Å². The lowest BCUT2D eigenvalue weighted by Gasteiger charge is -2.10. The van der Waals surface area contributed by atoms with E-state index in [2.05, 4.69) is 45.9 Å². The van der Waals surface area contributed by atoms with Crippen molar-refractivity contribution in [2.24, 2.45) is 0 Å². The number of aromatic nitrogens is 1. The minimum Gasteiger partial charge on any atom is -0.253 e. The quantitative estimate of drug-likeness (QED) is 0.735. The van der Waals surface area contributed by atoms with Crippen molar-refractivity contribution in [1.82, 2.24) is 4.98 Å². The van der Waals surface area contributed by atoms with Gasteiger partial charge in [0.2, 0.25) is 0 Å². The van der Waals surface area contributed by atoms with Crippen molar-refractivity contribution in [2.45, 2.75) is 40.5 Å². The molecule has 2 rings (SSSR count). The van der Waals surface area contributed by atoms with Crippen molar-refractivity contribution in [1.29, 1.82) is 0 Å². The number of hydrogen-bond donors (Lipinski definition) is 0. The van der Waals surface area contributed by atoms with Crippen LogP contribution in [0.4, 0.5) is 0 Å². The zero-order valence-corrected chi connectivity index (χ0v) is 10.6. The Kier molecular flexibility index (Phi) is 2.95. The van der Waals surface area contributed by atoms with E-state index in [-0.39, 0.29) is 0 Å². The molecular formula is C15H19N. The molecule has 0 bridgehead atoms. The Labute approximate surface area is 97.5 Å². The molecule has 16 heavy (non-hydrogen) atoms. The van der Waals surface area contributed by atoms with Crippen LogP contribution in [-0.4, -0.2) is 4.98 Å². The van der Waals surface area contributed by atoms with Crippen LogP contribution in [-0.2, 0) is 12.8 Å². The first-order chi connectivity index (χ1) is 7.65. The molecule has 0 radical (unpaired) electrons. The van der Waals surface area contributed by atoms with Gasteiger partial charge in [-0.3, -0.25) is 4.98 Å². The van der Waals surface area contributed by atoms with Crippen molar-refractivity contribution >= 4 is 10.9 Å². The van der Waals surface area contributed by atoms with Crippen LogP contribution >= 0.6 is 0 Å². The van der Waals surface area contributed by atoms with E-state index in [1.165, 1.54) is 27.8 Å². The lowest BCUT2D eigenvalue weighted by molar-refractivity contribution is 0.980. The summed E-state index contributed by atoms with van der Waals surface area (Å²) >= 11 is 0. The number of nitrogens with zero attached hydrogens (tertiary/aromatic N) is 1. The summed E-state index contributed by atoms with van der Waals surface area (Å²) in [5.41, 5.74) is 6.41. The van der Waals surface area contributed by atoms with Crippen LogP contribution in [0.1, 0.15) is 36.2 Å². The van der Waals surface area contributed by atoms with Gasteiger partial charge in [0.1, 0.15) is 0 Å². The molecule has 1 aromatic carbocycles. The van der Waals surface area contributed by atoms with Gasteiger partial charge in [0.25, 0.3) is 0 Å². The average Bonchev–Trinajstić information content (AvgIpc) is 2.27. The summed E-state index contributed by atoms with van der Waals surface area (Å²) in [6.07, 6.45) is 2.09. The first-order valence-electron chi connectivity index (χ1n) is 6.05. The molecule has 0 aliphatic rings. The Morgan fingerprint density at radius 1 is 1.00 bits per heavy atom. The number of fused-ring (bicyclic) bond motifs is 1. The van der Waals surface area contributed by atoms with Gasteiger partial charge in [0.05, 0.1) is 5.52 Å². The number of aryl methyl sites for hydroxylation is 4. The summed E-state index contributed by atoms with van der Waals surface area (Å²) in [6, 6.07) is 6.73. The normalized spacial score (nSPS) is 11.0. The molecule has 1 aromatic heterocycles. The summed E-state index contributed by atoms with van der Waals surface area (Å²) in [7, 11) is 0. The minimum absolute atomic E-state index is 1.02. The zero-order valence-electron chi connectivity index (χ0n) is 10.6. The predicted molar refractivity (Wildman–Crippen MR) is 70.0 cm³/mol. The molecule has 0 saturated heterocycles. The van der Waals surface area contributed by atoms with E-state index in [9.17, 15) is 0 Å². The van der Waals surface area contributed by atoms with E-state index in [0.29, 0.717) is 0 Å². The third-order valence-corrected chi connectivity index (χ3v) is 3.17. The fourth-order valence-electron chi connectivity index (χ4n) is 2.32. The average molecular weight is 213 g/mol. The second-order valence-electron chi connectivity index (χ2n) is 4.45. The van der Waals surface area contributed by atoms with Crippen molar-refractivity contribution in [3.63, 3.8) is 0 Å². The Morgan fingerprint density at radius 3 is 2.38 bits per heavy atom. The number of rotatable bonds is 2. The van der Waals surface area contributed by atoms with Crippen molar-refractivity contribution in [3.05, 3.63) is 40.6 Å². The molecule has 0 aliphatic heterocycles. The molecule has 84 valence electrons. The van der Waals surface area contributed by atoms with Crippen molar-refractivity contribution in [2.75, 3.05) is 0 Å². The molecule has 0 fully saturated rings. The molecule has 0 N–H and O–H groups in total. The summed E-state index contributed by atoms with van der Waals surface area (Å²) in [5.74, 6) is 0. The highest BCUT2D eigenvalue weighted by molar-refractivity contribution is 5.83. The standard InChI is InChI=1S/C15H19N/c1-5-12-9-13-11(4)7-10(3)8-15(13)16-14(12)6-2/h7-9H,5-6H2,1-4H3. The second kappa shape index (κ2) is 4.25. The highest BCUT2D eigenvalue weighted by atomic mass is 14.7. The first kappa shape index (κ1) is 11.1. The van der Waals surface area contributed by atoms with Gasteiger partial charge < -0.3 is 0 Å². The van der Waals surface area contributed by atoms with Gasteiger partial charge in [-0.1, -0.05) is 19.9 Å². The zero-order chi connectivity index (χ0) is 11.7. The molecule has 0 saturated carbocycles. The first-order valence-corrected chi connectivity index (χ1v) is 6.05. The molecule has 0 amide bonds. The number of benzene rings is 1. The number of hydrogen-bond acceptors (Lipinski definition) is 1. The lowest BCUT2D eigenvalue weighted by Crippen LogP contribution is -1.97. The van der Waals surface area contributed by atoms with E-state index >= 15 is 0 Å². The van der Waals surface area contributed by atoms with Crippen molar-refractivity contribution < 1.29 is 0 Å². The molecule has 2 aromatic rings. The van der Waals surface area contributed by atoms with Crippen LogP contribution in [0, 0.1) is 13.8 Å². The minimum atomic E-state index is 1.02. The van der Waals surface area contributed by atoms with Gasteiger partial charge in [-0.05, 0) is 55.5 Å². The maximum Gasteiger partial charge on any atom is 0.0710 e. The fraction of sp³-hybridized carbons (Fsp3) is 0.400. The molecular weight excluding hydrogens is 194 g/mol. The fourth-order valence-corrected chi connectivity index (χ4v) is 2.32. The van der Waals surface area contributed by atoms with Crippen LogP contribution in [0.25, 0.3) is 10.9 Å². The Balaban J connectivity index is 2.78. The van der Waals surface area contributed by atoms with E-state index < -0.39 is 0 Å². The Bertz CT molecular complexity index is 526. The maximum atomic E-state index is 4.79. The Hall–Kier alpha value is -1.37. The van der Waals surface area contributed by atoms with Crippen LogP contribution < -0.4 is 0 Å². The third kappa shape index (κ3) is 1.82. The molecule has 1 nitrogen and oxygen atoms in total. The van der Waals surface area contributed by atoms with Gasteiger partial charge in [0, 0.05) is 11.1 Å². The molecule has 0 spiro atoms. The summed E-state index contributed by atoms with van der Waals surface area (Å²) in [5, 5.41) is 1.31. The van der Waals surface area contributed by atoms with Gasteiger partial charge in [-0.25, -0.2) is 0 Å². The van der Waals surface area contributed by atoms with Crippen LogP contribution in [0.2, 0.25) is 0 Å². The molecule has 0 unspecified atom stereocenters. The van der Waals surface area contributed by atoms with E-state index in [4.69, 9.17) is 4.98 Å². The van der Waals surface area contributed by atoms with E-state index in [0.717, 1.165) is 18.4 Å². The SMILES string of the molecule is CCc1cc2c(C)cc(C)cc2nc1CC. The molecule has 0 atom stereocenters. The Morgan fingerprint density at radius 2 is 1.75 bits per heavy atom. The van der Waals surface area contributed by atoms with Crippen molar-refractivity contribution in [3.8, 4) is 0 Å². The number of pyridine rings is 1. The maximum absolute atomic E-state index is 4.79. The van der Waals surface area contributed by atoms with Gasteiger partial charge in [0.15, 0.2) is 0 Å². The van der Waals surface area contributed by atoms with E-state index in [1.807, 2.05) is 0 Å². The van der Waals surface area contributed by atoms with Gasteiger partial charge >= 0.3 is 0 Å². The molecule has 0 aliphatic carbocycles. The van der Waals surface area contributed by atoms with Crippen LogP contribution in [0.3, 0.4) is 0 Å². The molecule has 1 heterocycles. The smallest absolute Gasteiger partial charge is 0.0710 e. The van der Waals surface area contributed by atoms with E-state index in [1.54, 1.807) is 0 Å². The lowest BCUT2D eigenvalue weighted by atomic mass is 10.0. The summed E-state index contributed by atoms with van der Waals surface area (Å²) in [6.45, 7) is 8.68. The van der Waals surface area contributed by atoms with Gasteiger partial charge in [-0.2, -0.15) is 0 Å². The topological polar surface area (TPSA) is 12.9 Å². The summed E-state index contributed by atoms with van der Waals surface area (Å²) in [4.78, 5) is 4.79. The third-order valence-electron chi connectivity index (χ3n) is 3.17. The summed E-state index contributed by atoms with van der Waals surface area (Å²) < 4.78 is 0. The molecule has 1 heteroatoms.